The zero-order valence-corrected chi connectivity index (χ0v) is 14.8. The molecule has 2 saturated heterocycles. The predicted octanol–water partition coefficient (Wildman–Crippen LogP) is 3.27. The molecule has 2 aliphatic rings. The molecule has 0 saturated carbocycles. The van der Waals surface area contributed by atoms with Crippen molar-refractivity contribution in [2.24, 2.45) is 5.41 Å². The lowest BCUT2D eigenvalue weighted by molar-refractivity contribution is -0.0160. The van der Waals surface area contributed by atoms with Gasteiger partial charge in [-0.05, 0) is 37.0 Å². The first-order valence-electron chi connectivity index (χ1n) is 9.24. The molecule has 1 atom stereocenters. The van der Waals surface area contributed by atoms with E-state index in [-0.39, 0.29) is 11.9 Å². The van der Waals surface area contributed by atoms with Crippen molar-refractivity contribution in [1.82, 2.24) is 14.5 Å². The van der Waals surface area contributed by atoms with E-state index in [0.29, 0.717) is 5.41 Å². The first kappa shape index (κ1) is 16.7. The maximum Gasteiger partial charge on any atom is 0.123 e. The summed E-state index contributed by atoms with van der Waals surface area (Å²) >= 11 is 0. The summed E-state index contributed by atoms with van der Waals surface area (Å²) in [5, 5.41) is 0. The molecule has 0 aliphatic carbocycles. The van der Waals surface area contributed by atoms with Crippen molar-refractivity contribution >= 4 is 0 Å². The van der Waals surface area contributed by atoms with Gasteiger partial charge in [0, 0.05) is 37.4 Å². The summed E-state index contributed by atoms with van der Waals surface area (Å²) in [5.74, 6) is 0.988. The first-order valence-corrected chi connectivity index (χ1v) is 9.24. The van der Waals surface area contributed by atoms with Crippen molar-refractivity contribution in [2.45, 2.75) is 45.4 Å². The van der Waals surface area contributed by atoms with Crippen LogP contribution in [0.4, 0.5) is 4.39 Å². The average Bonchev–Trinajstić information content (AvgIpc) is 3.18. The van der Waals surface area contributed by atoms with Gasteiger partial charge in [-0.2, -0.15) is 0 Å². The summed E-state index contributed by atoms with van der Waals surface area (Å²) in [6, 6.07) is 6.79. The number of aryl methyl sites for hydroxylation is 1. The van der Waals surface area contributed by atoms with Gasteiger partial charge in [0.1, 0.15) is 11.6 Å². The van der Waals surface area contributed by atoms with E-state index in [2.05, 4.69) is 27.6 Å². The molecule has 3 heterocycles. The molecule has 0 radical (unpaired) electrons. The smallest absolute Gasteiger partial charge is 0.123 e. The van der Waals surface area contributed by atoms with Crippen LogP contribution in [0, 0.1) is 11.2 Å². The minimum Gasteiger partial charge on any atom is -0.377 e. The van der Waals surface area contributed by atoms with Gasteiger partial charge in [-0.25, -0.2) is 9.37 Å². The van der Waals surface area contributed by atoms with Crippen LogP contribution in [0.1, 0.15) is 31.2 Å². The van der Waals surface area contributed by atoms with E-state index < -0.39 is 0 Å². The number of ether oxygens (including phenoxy) is 1. The zero-order chi connectivity index (χ0) is 17.3. The Bertz CT molecular complexity index is 706. The van der Waals surface area contributed by atoms with Crippen molar-refractivity contribution in [3.05, 3.63) is 53.9 Å². The quantitative estimate of drug-likeness (QED) is 0.806. The highest BCUT2D eigenvalue weighted by Gasteiger charge is 2.48. The van der Waals surface area contributed by atoms with Gasteiger partial charge < -0.3 is 9.30 Å². The number of benzene rings is 1. The van der Waals surface area contributed by atoms with Gasteiger partial charge in [-0.15, -0.1) is 0 Å². The van der Waals surface area contributed by atoms with E-state index in [4.69, 9.17) is 4.74 Å². The van der Waals surface area contributed by atoms with Crippen LogP contribution in [0.5, 0.6) is 0 Å². The molecule has 2 aromatic rings. The fraction of sp³-hybridized carbons (Fsp3) is 0.550. The Morgan fingerprint density at radius 1 is 1.28 bits per heavy atom. The summed E-state index contributed by atoms with van der Waals surface area (Å²) in [6.45, 7) is 7.19. The second kappa shape index (κ2) is 6.89. The van der Waals surface area contributed by atoms with Crippen molar-refractivity contribution in [3.8, 4) is 0 Å². The summed E-state index contributed by atoms with van der Waals surface area (Å²) in [5.41, 5.74) is 1.47. The lowest BCUT2D eigenvalue weighted by Crippen LogP contribution is -2.56. The van der Waals surface area contributed by atoms with Gasteiger partial charge in [0.05, 0.1) is 19.3 Å². The molecule has 0 bridgehead atoms. The second-order valence-electron chi connectivity index (χ2n) is 7.65. The van der Waals surface area contributed by atoms with Gasteiger partial charge in [0.25, 0.3) is 0 Å². The third-order valence-corrected chi connectivity index (χ3v) is 5.41. The summed E-state index contributed by atoms with van der Waals surface area (Å²) in [4.78, 5) is 6.98. The highest BCUT2D eigenvalue weighted by atomic mass is 19.1. The number of aromatic nitrogens is 2. The van der Waals surface area contributed by atoms with Crippen LogP contribution in [0.2, 0.25) is 0 Å². The molecule has 2 aliphatic heterocycles. The van der Waals surface area contributed by atoms with Gasteiger partial charge in [-0.3, -0.25) is 4.90 Å². The molecule has 4 nitrogen and oxygen atoms in total. The van der Waals surface area contributed by atoms with Crippen LogP contribution in [0.3, 0.4) is 0 Å². The Hall–Kier alpha value is -1.72. The van der Waals surface area contributed by atoms with Crippen LogP contribution in [-0.2, 0) is 24.2 Å². The number of likely N-dealkylation sites (tertiary alicyclic amines) is 1. The normalized spacial score (nSPS) is 22.4. The number of rotatable bonds is 6. The van der Waals surface area contributed by atoms with Gasteiger partial charge >= 0.3 is 0 Å². The predicted molar refractivity (Wildman–Crippen MR) is 94.7 cm³/mol. The summed E-state index contributed by atoms with van der Waals surface area (Å²) < 4.78 is 21.3. The van der Waals surface area contributed by atoms with E-state index in [1.165, 1.54) is 18.0 Å². The van der Waals surface area contributed by atoms with Crippen molar-refractivity contribution in [3.63, 3.8) is 0 Å². The van der Waals surface area contributed by atoms with Crippen molar-refractivity contribution in [2.75, 3.05) is 19.7 Å². The molecular formula is C20H26FN3O. The van der Waals surface area contributed by atoms with E-state index in [9.17, 15) is 4.39 Å². The third-order valence-electron chi connectivity index (χ3n) is 5.41. The highest BCUT2D eigenvalue weighted by molar-refractivity contribution is 5.17. The maximum atomic E-state index is 13.0. The monoisotopic (exact) mass is 343 g/mol. The molecule has 0 amide bonds. The fourth-order valence-electron chi connectivity index (χ4n) is 4.28. The molecule has 134 valence electrons. The van der Waals surface area contributed by atoms with Crippen molar-refractivity contribution < 1.29 is 9.13 Å². The average molecular weight is 343 g/mol. The SMILES string of the molecule is CCCn1ccnc1CN1CC2(CO[C@H](Cc3ccc(F)cc3)C2)C1. The Labute approximate surface area is 148 Å². The number of nitrogens with zero attached hydrogens (tertiary/aromatic N) is 3. The Morgan fingerprint density at radius 3 is 2.84 bits per heavy atom. The van der Waals surface area contributed by atoms with Crippen LogP contribution in [0.15, 0.2) is 36.7 Å². The van der Waals surface area contributed by atoms with E-state index in [0.717, 1.165) is 57.6 Å². The zero-order valence-electron chi connectivity index (χ0n) is 14.8. The number of halogens is 1. The fourth-order valence-corrected chi connectivity index (χ4v) is 4.28. The lowest BCUT2D eigenvalue weighted by Gasteiger charge is -2.47. The molecule has 25 heavy (non-hydrogen) atoms. The standard InChI is InChI=1S/C20H26FN3O/c1-2-8-24-9-7-22-19(24)12-23-13-20(14-23)11-18(25-15-20)10-16-3-5-17(21)6-4-16/h3-7,9,18H,2,8,10-15H2,1H3/t18-/m1/s1. The summed E-state index contributed by atoms with van der Waals surface area (Å²) in [6.07, 6.45) is 7.35. The van der Waals surface area contributed by atoms with Gasteiger partial charge in [-0.1, -0.05) is 19.1 Å². The number of hydrogen-bond acceptors (Lipinski definition) is 3. The molecule has 5 heteroatoms. The van der Waals surface area contributed by atoms with Gasteiger partial charge in [0.15, 0.2) is 0 Å². The molecule has 0 N–H and O–H groups in total. The van der Waals surface area contributed by atoms with E-state index in [1.54, 1.807) is 0 Å². The van der Waals surface area contributed by atoms with Crippen LogP contribution >= 0.6 is 0 Å². The molecule has 1 spiro atoms. The largest absolute Gasteiger partial charge is 0.377 e. The van der Waals surface area contributed by atoms with Crippen LogP contribution in [-0.4, -0.2) is 40.3 Å². The Kier molecular flexibility index (Phi) is 4.61. The molecule has 0 unspecified atom stereocenters. The third kappa shape index (κ3) is 3.62. The molecular weight excluding hydrogens is 317 g/mol. The molecule has 4 rings (SSSR count). The molecule has 2 fully saturated rings. The molecule has 1 aromatic heterocycles. The minimum atomic E-state index is -0.177. The van der Waals surface area contributed by atoms with Gasteiger partial charge in [0.2, 0.25) is 0 Å². The van der Waals surface area contributed by atoms with Crippen molar-refractivity contribution in [1.29, 1.82) is 0 Å². The second-order valence-corrected chi connectivity index (χ2v) is 7.65. The topological polar surface area (TPSA) is 30.3 Å². The summed E-state index contributed by atoms with van der Waals surface area (Å²) in [7, 11) is 0. The maximum absolute atomic E-state index is 13.0. The van der Waals surface area contributed by atoms with E-state index >= 15 is 0 Å². The highest BCUT2D eigenvalue weighted by Crippen LogP contribution is 2.42. The molecule has 1 aromatic carbocycles. The Morgan fingerprint density at radius 2 is 2.08 bits per heavy atom. The van der Waals surface area contributed by atoms with Crippen LogP contribution < -0.4 is 0 Å². The number of hydrogen-bond donors (Lipinski definition) is 0. The minimum absolute atomic E-state index is 0.177. The van der Waals surface area contributed by atoms with Crippen LogP contribution in [0.25, 0.3) is 0 Å². The lowest BCUT2D eigenvalue weighted by atomic mass is 9.77. The Balaban J connectivity index is 1.28. The first-order chi connectivity index (χ1) is 12.2. The van der Waals surface area contributed by atoms with E-state index in [1.807, 2.05) is 18.3 Å². The number of imidazole rings is 1.